The number of aromatic nitrogens is 1. The summed E-state index contributed by atoms with van der Waals surface area (Å²) in [4.78, 5) is 20.1. The number of benzene rings is 1. The molecule has 0 aliphatic carbocycles. The van der Waals surface area contributed by atoms with Crippen LogP contribution in [0.1, 0.15) is 35.1 Å². The predicted octanol–water partition coefficient (Wildman–Crippen LogP) is 3.18. The maximum Gasteiger partial charge on any atom is 0.266 e. The highest BCUT2D eigenvalue weighted by Gasteiger charge is 2.35. The average molecular weight is 439 g/mol. The second kappa shape index (κ2) is 8.71. The minimum atomic E-state index is -3.07. The van der Waals surface area contributed by atoms with Gasteiger partial charge in [0.25, 0.3) is 5.91 Å². The molecule has 29 heavy (non-hydrogen) atoms. The van der Waals surface area contributed by atoms with E-state index >= 15 is 0 Å². The molecule has 2 heterocycles. The number of ether oxygens (including phenoxy) is 2. The molecule has 9 heteroatoms. The summed E-state index contributed by atoms with van der Waals surface area (Å²) >= 11 is 1.32. The number of methoxy groups -OCH3 is 2. The molecule has 2 aromatic rings. The highest BCUT2D eigenvalue weighted by Crippen LogP contribution is 2.35. The smallest absolute Gasteiger partial charge is 0.266 e. The largest absolute Gasteiger partial charge is 0.493 e. The molecule has 0 bridgehead atoms. The number of thiazole rings is 1. The second-order valence-electron chi connectivity index (χ2n) is 7.06. The van der Waals surface area contributed by atoms with Crippen LogP contribution < -0.4 is 9.47 Å². The second-order valence-corrected chi connectivity index (χ2v) is 10.3. The van der Waals surface area contributed by atoms with Gasteiger partial charge in [0, 0.05) is 18.2 Å². The van der Waals surface area contributed by atoms with Gasteiger partial charge in [-0.15, -0.1) is 11.3 Å². The standard InChI is InChI=1S/C20H26N2O5S2/c1-5-9-22(15-8-10-29(24,25)12-15)20(23)18-13(2)21-19(28-18)14-6-7-16(26-3)17(11-14)27-4/h6-7,11,15H,5,8-10,12H2,1-4H3. The van der Waals surface area contributed by atoms with Crippen LogP contribution >= 0.6 is 11.3 Å². The van der Waals surface area contributed by atoms with Crippen molar-refractivity contribution in [2.45, 2.75) is 32.7 Å². The summed E-state index contributed by atoms with van der Waals surface area (Å²) < 4.78 is 34.4. The van der Waals surface area contributed by atoms with E-state index in [4.69, 9.17) is 9.47 Å². The minimum Gasteiger partial charge on any atom is -0.493 e. The molecule has 1 aliphatic heterocycles. The minimum absolute atomic E-state index is 0.0408. The molecule has 1 saturated heterocycles. The van der Waals surface area contributed by atoms with E-state index in [9.17, 15) is 13.2 Å². The van der Waals surface area contributed by atoms with Crippen molar-refractivity contribution in [2.24, 2.45) is 0 Å². The molecule has 0 N–H and O–H groups in total. The van der Waals surface area contributed by atoms with Crippen LogP contribution in [0.4, 0.5) is 0 Å². The molecule has 0 radical (unpaired) electrons. The van der Waals surface area contributed by atoms with Gasteiger partial charge in [-0.1, -0.05) is 6.92 Å². The molecule has 0 spiro atoms. The Morgan fingerprint density at radius 2 is 2.00 bits per heavy atom. The van der Waals surface area contributed by atoms with Gasteiger partial charge in [-0.2, -0.15) is 0 Å². The van der Waals surface area contributed by atoms with E-state index in [-0.39, 0.29) is 23.5 Å². The molecule has 1 atom stereocenters. The van der Waals surface area contributed by atoms with Crippen molar-refractivity contribution in [3.63, 3.8) is 0 Å². The van der Waals surface area contributed by atoms with E-state index in [2.05, 4.69) is 4.98 Å². The van der Waals surface area contributed by atoms with Gasteiger partial charge >= 0.3 is 0 Å². The Hall–Kier alpha value is -2.13. The molecule has 0 saturated carbocycles. The number of nitrogens with zero attached hydrogens (tertiary/aromatic N) is 2. The summed E-state index contributed by atoms with van der Waals surface area (Å²) in [5.74, 6) is 1.26. The summed E-state index contributed by atoms with van der Waals surface area (Å²) in [7, 11) is 0.0796. The van der Waals surface area contributed by atoms with Crippen molar-refractivity contribution >= 4 is 27.1 Å². The number of carbonyl (C=O) groups is 1. The van der Waals surface area contributed by atoms with Gasteiger partial charge in [-0.05, 0) is 38.0 Å². The van der Waals surface area contributed by atoms with Crippen LogP contribution in [0.2, 0.25) is 0 Å². The molecule has 1 fully saturated rings. The number of hydrogen-bond donors (Lipinski definition) is 0. The summed E-state index contributed by atoms with van der Waals surface area (Å²) in [5, 5.41) is 0.710. The summed E-state index contributed by atoms with van der Waals surface area (Å²) in [6.45, 7) is 4.32. The summed E-state index contributed by atoms with van der Waals surface area (Å²) in [6.07, 6.45) is 1.26. The molecular weight excluding hydrogens is 412 g/mol. The van der Waals surface area contributed by atoms with Crippen LogP contribution in [0.25, 0.3) is 10.6 Å². The van der Waals surface area contributed by atoms with Crippen molar-refractivity contribution < 1.29 is 22.7 Å². The predicted molar refractivity (Wildman–Crippen MR) is 114 cm³/mol. The van der Waals surface area contributed by atoms with Crippen molar-refractivity contribution in [3.05, 3.63) is 28.8 Å². The third-order valence-electron chi connectivity index (χ3n) is 5.00. The lowest BCUT2D eigenvalue weighted by atomic mass is 10.2. The van der Waals surface area contributed by atoms with E-state index in [1.165, 1.54) is 11.3 Å². The van der Waals surface area contributed by atoms with Crippen LogP contribution in [0.3, 0.4) is 0 Å². The van der Waals surface area contributed by atoms with Crippen LogP contribution in [-0.2, 0) is 9.84 Å². The van der Waals surface area contributed by atoms with E-state index in [0.717, 1.165) is 12.0 Å². The monoisotopic (exact) mass is 438 g/mol. The Balaban J connectivity index is 1.91. The molecule has 1 aromatic heterocycles. The quantitative estimate of drug-likeness (QED) is 0.660. The Labute approximate surface area is 175 Å². The van der Waals surface area contributed by atoms with Crippen molar-refractivity contribution in [1.29, 1.82) is 0 Å². The third kappa shape index (κ3) is 4.56. The fourth-order valence-electron chi connectivity index (χ4n) is 3.53. The first kappa shape index (κ1) is 21.6. The number of rotatable bonds is 7. The first-order valence-electron chi connectivity index (χ1n) is 9.50. The highest BCUT2D eigenvalue weighted by molar-refractivity contribution is 7.91. The van der Waals surface area contributed by atoms with Gasteiger partial charge in [0.15, 0.2) is 21.3 Å². The lowest BCUT2D eigenvalue weighted by Crippen LogP contribution is -2.41. The van der Waals surface area contributed by atoms with Gasteiger partial charge < -0.3 is 14.4 Å². The van der Waals surface area contributed by atoms with Crippen molar-refractivity contribution in [3.8, 4) is 22.1 Å². The zero-order valence-corrected chi connectivity index (χ0v) is 18.7. The fourth-order valence-corrected chi connectivity index (χ4v) is 6.28. The van der Waals surface area contributed by atoms with Crippen molar-refractivity contribution in [1.82, 2.24) is 9.88 Å². The molecule has 1 aromatic carbocycles. The Morgan fingerprint density at radius 1 is 1.28 bits per heavy atom. The molecule has 1 aliphatic rings. The lowest BCUT2D eigenvalue weighted by Gasteiger charge is -2.27. The molecule has 7 nitrogen and oxygen atoms in total. The summed E-state index contributed by atoms with van der Waals surface area (Å²) in [5.41, 5.74) is 1.48. The highest BCUT2D eigenvalue weighted by atomic mass is 32.2. The zero-order valence-electron chi connectivity index (χ0n) is 17.1. The van der Waals surface area contributed by atoms with Crippen LogP contribution in [0.15, 0.2) is 18.2 Å². The normalized spacial score (nSPS) is 17.9. The maximum absolute atomic E-state index is 13.3. The third-order valence-corrected chi connectivity index (χ3v) is 7.94. The van der Waals surface area contributed by atoms with Gasteiger partial charge in [-0.25, -0.2) is 13.4 Å². The molecule has 1 amide bonds. The van der Waals surface area contributed by atoms with Crippen molar-refractivity contribution in [2.75, 3.05) is 32.3 Å². The molecule has 1 unspecified atom stereocenters. The number of amides is 1. The topological polar surface area (TPSA) is 85.8 Å². The lowest BCUT2D eigenvalue weighted by molar-refractivity contribution is 0.0701. The first-order valence-corrected chi connectivity index (χ1v) is 12.1. The van der Waals surface area contributed by atoms with Crippen LogP contribution in [0, 0.1) is 6.92 Å². The average Bonchev–Trinajstić information content (AvgIpc) is 3.27. The first-order chi connectivity index (χ1) is 13.8. The Kier molecular flexibility index (Phi) is 6.48. The number of hydrogen-bond acceptors (Lipinski definition) is 7. The van der Waals surface area contributed by atoms with E-state index in [1.54, 1.807) is 25.2 Å². The maximum atomic E-state index is 13.3. The summed E-state index contributed by atoms with van der Waals surface area (Å²) in [6, 6.07) is 5.25. The molecule has 158 valence electrons. The van der Waals surface area contributed by atoms with Crippen LogP contribution in [-0.4, -0.2) is 62.5 Å². The Bertz CT molecular complexity index is 1000. The number of sulfone groups is 1. The molecule has 3 rings (SSSR count). The van der Waals surface area contributed by atoms with Crippen LogP contribution in [0.5, 0.6) is 11.5 Å². The SMILES string of the molecule is CCCN(C(=O)c1sc(-c2ccc(OC)c(OC)c2)nc1C)C1CCS(=O)(=O)C1. The Morgan fingerprint density at radius 3 is 2.59 bits per heavy atom. The zero-order chi connectivity index (χ0) is 21.2. The van der Waals surface area contributed by atoms with Gasteiger partial charge in [0.05, 0.1) is 31.4 Å². The van der Waals surface area contributed by atoms with E-state index < -0.39 is 9.84 Å². The van der Waals surface area contributed by atoms with Gasteiger partial charge in [0.1, 0.15) is 9.88 Å². The fraction of sp³-hybridized carbons (Fsp3) is 0.500. The number of carbonyl (C=O) groups excluding carboxylic acids is 1. The van der Waals surface area contributed by atoms with Gasteiger partial charge in [-0.3, -0.25) is 4.79 Å². The van der Waals surface area contributed by atoms with E-state index in [0.29, 0.717) is 40.0 Å². The van der Waals surface area contributed by atoms with E-state index in [1.807, 2.05) is 26.0 Å². The number of aryl methyl sites for hydroxylation is 1. The van der Waals surface area contributed by atoms with Gasteiger partial charge in [0.2, 0.25) is 0 Å². The molecular formula is C20H26N2O5S2.